The molecule has 1 unspecified atom stereocenters. The summed E-state index contributed by atoms with van der Waals surface area (Å²) in [6.07, 6.45) is 1.88. The molecule has 0 radical (unpaired) electrons. The van der Waals surface area contributed by atoms with Crippen molar-refractivity contribution in [2.45, 2.75) is 13.0 Å². The number of nitrogens with zero attached hydrogens (tertiary/aromatic N) is 1. The van der Waals surface area contributed by atoms with Crippen LogP contribution in [-0.4, -0.2) is 15.6 Å². The Morgan fingerprint density at radius 3 is 2.71 bits per heavy atom. The van der Waals surface area contributed by atoms with Crippen LogP contribution in [0.3, 0.4) is 0 Å². The highest BCUT2D eigenvalue weighted by Crippen LogP contribution is 2.32. The van der Waals surface area contributed by atoms with Crippen LogP contribution < -0.4 is 0 Å². The molecule has 108 valence electrons. The number of aromatic nitrogens is 1. The average molecular weight is 324 g/mol. The first kappa shape index (κ1) is 14.0. The number of benzene rings is 1. The van der Waals surface area contributed by atoms with Gasteiger partial charge in [0.1, 0.15) is 5.76 Å². The molecule has 3 aromatic rings. The fraction of sp³-hybridized carbons (Fsp3) is 0.133. The minimum atomic E-state index is -1.09. The Bertz CT molecular complexity index is 835. The summed E-state index contributed by atoms with van der Waals surface area (Å²) in [6.45, 7) is 1.92. The van der Waals surface area contributed by atoms with Crippen molar-refractivity contribution in [3.8, 4) is 0 Å². The summed E-state index contributed by atoms with van der Waals surface area (Å²) in [5.41, 5.74) is 0.869. The maximum atomic E-state index is 10.9. The fourth-order valence-corrected chi connectivity index (χ4v) is 2.90. The van der Waals surface area contributed by atoms with Gasteiger partial charge in [0, 0.05) is 16.6 Å². The number of hydrogen-bond acceptors (Lipinski definition) is 2. The highest BCUT2D eigenvalue weighted by Gasteiger charge is 2.17. The van der Waals surface area contributed by atoms with Crippen molar-refractivity contribution in [2.75, 3.05) is 0 Å². The molecule has 0 aliphatic rings. The van der Waals surface area contributed by atoms with E-state index in [4.69, 9.17) is 32.7 Å². The van der Waals surface area contributed by atoms with Gasteiger partial charge in [-0.15, -0.1) is 0 Å². The molecule has 6 heteroatoms. The van der Waals surface area contributed by atoms with Gasteiger partial charge in [-0.1, -0.05) is 23.2 Å². The van der Waals surface area contributed by atoms with Crippen molar-refractivity contribution in [2.24, 2.45) is 0 Å². The van der Waals surface area contributed by atoms with E-state index in [1.165, 1.54) is 6.07 Å². The monoisotopic (exact) mass is 323 g/mol. The van der Waals surface area contributed by atoms with Gasteiger partial charge in [-0.05, 0) is 37.3 Å². The molecule has 0 bridgehead atoms. The molecule has 0 saturated carbocycles. The third kappa shape index (κ3) is 2.41. The molecule has 1 N–H and O–H groups in total. The number of fused-ring (bicyclic) bond motifs is 1. The molecule has 2 heterocycles. The van der Waals surface area contributed by atoms with Crippen molar-refractivity contribution < 1.29 is 14.3 Å². The van der Waals surface area contributed by atoms with Crippen LogP contribution in [0.2, 0.25) is 10.0 Å². The van der Waals surface area contributed by atoms with E-state index >= 15 is 0 Å². The summed E-state index contributed by atoms with van der Waals surface area (Å²) in [7, 11) is 0. The first-order valence-electron chi connectivity index (χ1n) is 6.26. The van der Waals surface area contributed by atoms with E-state index < -0.39 is 5.97 Å². The molecule has 0 fully saturated rings. The third-order valence-electron chi connectivity index (χ3n) is 3.42. The zero-order valence-corrected chi connectivity index (χ0v) is 12.5. The van der Waals surface area contributed by atoms with E-state index in [1.807, 2.05) is 29.8 Å². The molecule has 0 amide bonds. The summed E-state index contributed by atoms with van der Waals surface area (Å²) in [6, 6.07) is 8.33. The van der Waals surface area contributed by atoms with Gasteiger partial charge in [-0.25, -0.2) is 4.79 Å². The highest BCUT2D eigenvalue weighted by atomic mass is 35.5. The van der Waals surface area contributed by atoms with Crippen molar-refractivity contribution in [1.29, 1.82) is 0 Å². The van der Waals surface area contributed by atoms with E-state index in [-0.39, 0.29) is 11.8 Å². The fourth-order valence-electron chi connectivity index (χ4n) is 2.35. The molecule has 21 heavy (non-hydrogen) atoms. The summed E-state index contributed by atoms with van der Waals surface area (Å²) in [5.74, 6) is -0.609. The highest BCUT2D eigenvalue weighted by molar-refractivity contribution is 6.38. The number of hydrogen-bond donors (Lipinski definition) is 1. The number of rotatable bonds is 3. The molecular formula is C15H11Cl2NO3. The first-order chi connectivity index (χ1) is 9.97. The lowest BCUT2D eigenvalue weighted by Gasteiger charge is -2.13. The first-order valence-corrected chi connectivity index (χ1v) is 7.01. The lowest BCUT2D eigenvalue weighted by Crippen LogP contribution is -2.04. The van der Waals surface area contributed by atoms with Crippen molar-refractivity contribution in [1.82, 2.24) is 4.57 Å². The van der Waals surface area contributed by atoms with Gasteiger partial charge >= 0.3 is 5.97 Å². The van der Waals surface area contributed by atoms with Crippen LogP contribution in [0, 0.1) is 0 Å². The third-order valence-corrected chi connectivity index (χ3v) is 3.95. The van der Waals surface area contributed by atoms with Crippen LogP contribution in [0.1, 0.15) is 29.3 Å². The lowest BCUT2D eigenvalue weighted by atomic mass is 10.2. The van der Waals surface area contributed by atoms with Gasteiger partial charge in [-0.3, -0.25) is 0 Å². The van der Waals surface area contributed by atoms with Gasteiger partial charge in [0.15, 0.2) is 0 Å². The Hall–Kier alpha value is -1.91. The topological polar surface area (TPSA) is 55.4 Å². The van der Waals surface area contributed by atoms with Crippen LogP contribution in [0.4, 0.5) is 0 Å². The number of halogens is 2. The minimum Gasteiger partial charge on any atom is -0.475 e. The number of carboxylic acid groups (broad SMARTS) is 1. The second-order valence-corrected chi connectivity index (χ2v) is 5.57. The van der Waals surface area contributed by atoms with Crippen LogP contribution >= 0.6 is 23.2 Å². The van der Waals surface area contributed by atoms with Crippen molar-refractivity contribution in [3.05, 3.63) is 58.1 Å². The number of aromatic carboxylic acids is 1. The Morgan fingerprint density at radius 1 is 1.29 bits per heavy atom. The quantitative estimate of drug-likeness (QED) is 0.749. The zero-order valence-electron chi connectivity index (χ0n) is 11.0. The SMILES string of the molecule is CC(c1ccc(C(=O)O)o1)n1ccc2c(Cl)cc(Cl)cc21. The summed E-state index contributed by atoms with van der Waals surface area (Å²) < 4.78 is 7.30. The Balaban J connectivity index is 2.08. The number of furan rings is 1. The smallest absolute Gasteiger partial charge is 0.371 e. The predicted molar refractivity (Wildman–Crippen MR) is 81.4 cm³/mol. The predicted octanol–water partition coefficient (Wildman–Crippen LogP) is 4.85. The average Bonchev–Trinajstić information content (AvgIpc) is 3.04. The van der Waals surface area contributed by atoms with Gasteiger partial charge in [0.25, 0.3) is 0 Å². The zero-order chi connectivity index (χ0) is 15.1. The molecule has 1 aromatic carbocycles. The number of carbonyl (C=O) groups is 1. The molecular weight excluding hydrogens is 313 g/mol. The molecule has 3 rings (SSSR count). The van der Waals surface area contributed by atoms with Crippen molar-refractivity contribution >= 4 is 40.1 Å². The maximum absolute atomic E-state index is 10.9. The molecule has 1 atom stereocenters. The van der Waals surface area contributed by atoms with Crippen LogP contribution in [-0.2, 0) is 0 Å². The minimum absolute atomic E-state index is 0.0793. The van der Waals surface area contributed by atoms with E-state index in [0.717, 1.165) is 10.9 Å². The second-order valence-electron chi connectivity index (χ2n) is 4.73. The normalized spacial score (nSPS) is 12.7. The van der Waals surface area contributed by atoms with Crippen LogP contribution in [0.25, 0.3) is 10.9 Å². The van der Waals surface area contributed by atoms with Gasteiger partial charge < -0.3 is 14.1 Å². The van der Waals surface area contributed by atoms with Gasteiger partial charge in [0.2, 0.25) is 5.76 Å². The molecule has 0 aliphatic heterocycles. The van der Waals surface area contributed by atoms with Crippen molar-refractivity contribution in [3.63, 3.8) is 0 Å². The summed E-state index contributed by atoms with van der Waals surface area (Å²) in [5, 5.41) is 10.9. The van der Waals surface area contributed by atoms with Crippen LogP contribution in [0.5, 0.6) is 0 Å². The Kier molecular flexibility index (Phi) is 3.43. The molecule has 4 nitrogen and oxygen atoms in total. The standard InChI is InChI=1S/C15H11Cl2NO3/c1-8(13-2-3-14(21-13)15(19)20)18-5-4-10-11(17)6-9(16)7-12(10)18/h2-8H,1H3,(H,19,20). The maximum Gasteiger partial charge on any atom is 0.371 e. The summed E-state index contributed by atoms with van der Waals surface area (Å²) >= 11 is 12.2. The van der Waals surface area contributed by atoms with Crippen LogP contribution in [0.15, 0.2) is 40.9 Å². The van der Waals surface area contributed by atoms with Gasteiger partial charge in [0.05, 0.1) is 16.6 Å². The van der Waals surface area contributed by atoms with E-state index in [2.05, 4.69) is 0 Å². The molecule has 0 aliphatic carbocycles. The van der Waals surface area contributed by atoms with Gasteiger partial charge in [-0.2, -0.15) is 0 Å². The Morgan fingerprint density at radius 2 is 2.05 bits per heavy atom. The molecule has 0 saturated heterocycles. The number of carboxylic acids is 1. The summed E-state index contributed by atoms with van der Waals surface area (Å²) in [4.78, 5) is 10.9. The van der Waals surface area contributed by atoms with E-state index in [9.17, 15) is 4.79 Å². The Labute approximate surface area is 130 Å². The second kappa shape index (κ2) is 5.13. The molecule has 0 spiro atoms. The lowest BCUT2D eigenvalue weighted by molar-refractivity contribution is 0.0659. The largest absolute Gasteiger partial charge is 0.475 e. The molecule has 2 aromatic heterocycles. The van der Waals surface area contributed by atoms with E-state index in [1.54, 1.807) is 12.1 Å². The van der Waals surface area contributed by atoms with E-state index in [0.29, 0.717) is 15.8 Å².